The molecule has 6 nitrogen and oxygen atoms in total. The highest BCUT2D eigenvalue weighted by Gasteiger charge is 2.02. The van der Waals surface area contributed by atoms with E-state index in [2.05, 4.69) is 15.3 Å². The van der Waals surface area contributed by atoms with E-state index >= 15 is 0 Å². The second-order valence-corrected chi connectivity index (χ2v) is 3.70. The zero-order chi connectivity index (χ0) is 13.0. The van der Waals surface area contributed by atoms with Crippen LogP contribution in [-0.2, 0) is 11.2 Å². The Labute approximate surface area is 104 Å². The van der Waals surface area contributed by atoms with Crippen molar-refractivity contribution in [1.82, 2.24) is 9.97 Å². The lowest BCUT2D eigenvalue weighted by atomic mass is 10.1. The number of anilines is 3. The maximum Gasteiger partial charge on any atom is 0.307 e. The molecule has 2 rings (SSSR count). The Hall–Kier alpha value is -2.63. The Balaban J connectivity index is 2.16. The molecule has 1 aromatic heterocycles. The highest BCUT2D eigenvalue weighted by molar-refractivity contribution is 5.71. The van der Waals surface area contributed by atoms with Crippen LogP contribution in [0.1, 0.15) is 5.56 Å². The first-order chi connectivity index (χ1) is 8.63. The van der Waals surface area contributed by atoms with Gasteiger partial charge in [0.05, 0.1) is 6.42 Å². The number of nitrogen functional groups attached to an aromatic ring is 1. The average molecular weight is 244 g/mol. The van der Waals surface area contributed by atoms with E-state index in [0.717, 1.165) is 11.3 Å². The first kappa shape index (κ1) is 11.8. The number of nitrogens with zero attached hydrogens (tertiary/aromatic N) is 2. The number of aliphatic carboxylic acids is 1. The maximum atomic E-state index is 10.6. The van der Waals surface area contributed by atoms with E-state index < -0.39 is 5.97 Å². The van der Waals surface area contributed by atoms with Crippen molar-refractivity contribution in [3.63, 3.8) is 0 Å². The molecule has 92 valence electrons. The molecular weight excluding hydrogens is 232 g/mol. The van der Waals surface area contributed by atoms with Crippen molar-refractivity contribution in [2.45, 2.75) is 6.42 Å². The molecule has 0 amide bonds. The number of hydrogen-bond acceptors (Lipinski definition) is 5. The Morgan fingerprint density at radius 2 is 2.22 bits per heavy atom. The van der Waals surface area contributed by atoms with E-state index in [1.54, 1.807) is 30.5 Å². The number of hydrogen-bond donors (Lipinski definition) is 3. The molecule has 0 bridgehead atoms. The van der Waals surface area contributed by atoms with Crippen molar-refractivity contribution in [3.05, 3.63) is 42.1 Å². The monoisotopic (exact) mass is 244 g/mol. The molecule has 0 saturated carbocycles. The molecule has 0 saturated heterocycles. The van der Waals surface area contributed by atoms with Gasteiger partial charge in [0.15, 0.2) is 0 Å². The molecular formula is C12H12N4O2. The van der Waals surface area contributed by atoms with Crippen molar-refractivity contribution >= 4 is 23.4 Å². The summed E-state index contributed by atoms with van der Waals surface area (Å²) >= 11 is 0. The van der Waals surface area contributed by atoms with Crippen LogP contribution in [0.4, 0.5) is 17.5 Å². The van der Waals surface area contributed by atoms with Gasteiger partial charge in [-0.05, 0) is 23.8 Å². The Morgan fingerprint density at radius 1 is 1.39 bits per heavy atom. The molecule has 0 atom stereocenters. The van der Waals surface area contributed by atoms with Crippen LogP contribution in [0, 0.1) is 0 Å². The zero-order valence-corrected chi connectivity index (χ0v) is 9.50. The van der Waals surface area contributed by atoms with Gasteiger partial charge < -0.3 is 16.2 Å². The van der Waals surface area contributed by atoms with Gasteiger partial charge in [0.2, 0.25) is 5.95 Å². The van der Waals surface area contributed by atoms with Crippen molar-refractivity contribution in [1.29, 1.82) is 0 Å². The SMILES string of the molecule is Nc1nccc(Nc2cccc(CC(=O)O)c2)n1. The molecule has 1 aromatic carbocycles. The van der Waals surface area contributed by atoms with Gasteiger partial charge in [0.25, 0.3) is 0 Å². The summed E-state index contributed by atoms with van der Waals surface area (Å²) in [6.07, 6.45) is 1.53. The minimum atomic E-state index is -0.863. The molecule has 0 aliphatic carbocycles. The smallest absolute Gasteiger partial charge is 0.307 e. The predicted molar refractivity (Wildman–Crippen MR) is 67.5 cm³/mol. The molecule has 18 heavy (non-hydrogen) atoms. The summed E-state index contributed by atoms with van der Waals surface area (Å²) in [5.41, 5.74) is 6.94. The van der Waals surface area contributed by atoms with Gasteiger partial charge in [-0.1, -0.05) is 12.1 Å². The number of aromatic nitrogens is 2. The number of carbonyl (C=O) groups is 1. The number of nitrogens with two attached hydrogens (primary N) is 1. The van der Waals surface area contributed by atoms with Crippen LogP contribution in [-0.4, -0.2) is 21.0 Å². The van der Waals surface area contributed by atoms with Crippen molar-refractivity contribution in [3.8, 4) is 0 Å². The minimum Gasteiger partial charge on any atom is -0.481 e. The summed E-state index contributed by atoms with van der Waals surface area (Å²) < 4.78 is 0. The van der Waals surface area contributed by atoms with Gasteiger partial charge in [-0.3, -0.25) is 4.79 Å². The van der Waals surface area contributed by atoms with Crippen LogP contribution < -0.4 is 11.1 Å². The molecule has 0 fully saturated rings. The van der Waals surface area contributed by atoms with Crippen molar-refractivity contribution in [2.24, 2.45) is 0 Å². The molecule has 0 radical (unpaired) electrons. The third kappa shape index (κ3) is 3.18. The molecule has 0 aliphatic heterocycles. The largest absolute Gasteiger partial charge is 0.481 e. The van der Waals surface area contributed by atoms with Gasteiger partial charge in [-0.15, -0.1) is 0 Å². The number of carboxylic acid groups (broad SMARTS) is 1. The van der Waals surface area contributed by atoms with E-state index in [1.165, 1.54) is 0 Å². The summed E-state index contributed by atoms with van der Waals surface area (Å²) in [5, 5.41) is 11.8. The van der Waals surface area contributed by atoms with Crippen LogP contribution in [0.2, 0.25) is 0 Å². The van der Waals surface area contributed by atoms with Crippen LogP contribution in [0.25, 0.3) is 0 Å². The molecule has 1 heterocycles. The second-order valence-electron chi connectivity index (χ2n) is 3.70. The van der Waals surface area contributed by atoms with E-state index in [1.807, 2.05) is 6.07 Å². The normalized spacial score (nSPS) is 10.0. The van der Waals surface area contributed by atoms with Crippen molar-refractivity contribution in [2.75, 3.05) is 11.1 Å². The molecule has 4 N–H and O–H groups in total. The second kappa shape index (κ2) is 5.13. The standard InChI is InChI=1S/C12H12N4O2/c13-12-14-5-4-10(16-12)15-9-3-1-2-8(6-9)7-11(17)18/h1-6H,7H2,(H,17,18)(H3,13,14,15,16). The number of nitrogens with one attached hydrogen (secondary N) is 1. The van der Waals surface area contributed by atoms with Gasteiger partial charge in [-0.25, -0.2) is 4.98 Å². The summed E-state index contributed by atoms with van der Waals surface area (Å²) in [6, 6.07) is 8.80. The molecule has 0 unspecified atom stereocenters. The highest BCUT2D eigenvalue weighted by atomic mass is 16.4. The maximum absolute atomic E-state index is 10.6. The van der Waals surface area contributed by atoms with E-state index in [0.29, 0.717) is 5.82 Å². The summed E-state index contributed by atoms with van der Waals surface area (Å²) in [6.45, 7) is 0. The summed E-state index contributed by atoms with van der Waals surface area (Å²) in [4.78, 5) is 18.4. The lowest BCUT2D eigenvalue weighted by Crippen LogP contribution is -2.02. The first-order valence-corrected chi connectivity index (χ1v) is 5.30. The Bertz CT molecular complexity index is 572. The zero-order valence-electron chi connectivity index (χ0n) is 9.50. The van der Waals surface area contributed by atoms with Crippen LogP contribution in [0.15, 0.2) is 36.5 Å². The first-order valence-electron chi connectivity index (χ1n) is 5.30. The third-order valence-corrected chi connectivity index (χ3v) is 2.23. The molecule has 0 aliphatic rings. The lowest BCUT2D eigenvalue weighted by molar-refractivity contribution is -0.136. The Morgan fingerprint density at radius 3 is 2.94 bits per heavy atom. The van der Waals surface area contributed by atoms with E-state index in [9.17, 15) is 4.79 Å². The lowest BCUT2D eigenvalue weighted by Gasteiger charge is -2.07. The average Bonchev–Trinajstić information content (AvgIpc) is 2.28. The number of rotatable bonds is 4. The van der Waals surface area contributed by atoms with E-state index in [4.69, 9.17) is 10.8 Å². The fraction of sp³-hybridized carbons (Fsp3) is 0.0833. The van der Waals surface area contributed by atoms with Crippen LogP contribution in [0.5, 0.6) is 0 Å². The van der Waals surface area contributed by atoms with Gasteiger partial charge in [-0.2, -0.15) is 4.98 Å². The van der Waals surface area contributed by atoms with Gasteiger partial charge >= 0.3 is 5.97 Å². The topological polar surface area (TPSA) is 101 Å². The fourth-order valence-electron chi connectivity index (χ4n) is 1.52. The quantitative estimate of drug-likeness (QED) is 0.752. The third-order valence-electron chi connectivity index (χ3n) is 2.23. The minimum absolute atomic E-state index is 0.0125. The van der Waals surface area contributed by atoms with E-state index in [-0.39, 0.29) is 12.4 Å². The fourth-order valence-corrected chi connectivity index (χ4v) is 1.52. The van der Waals surface area contributed by atoms with Gasteiger partial charge in [0, 0.05) is 11.9 Å². The predicted octanol–water partition coefficient (Wildman–Crippen LogP) is 1.43. The van der Waals surface area contributed by atoms with Gasteiger partial charge in [0.1, 0.15) is 5.82 Å². The number of carboxylic acids is 1. The molecule has 6 heteroatoms. The molecule has 2 aromatic rings. The van der Waals surface area contributed by atoms with Crippen LogP contribution >= 0.6 is 0 Å². The summed E-state index contributed by atoms with van der Waals surface area (Å²) in [7, 11) is 0. The van der Waals surface area contributed by atoms with Crippen LogP contribution in [0.3, 0.4) is 0 Å². The molecule has 0 spiro atoms. The Kier molecular flexibility index (Phi) is 3.38. The number of benzene rings is 1. The summed E-state index contributed by atoms with van der Waals surface area (Å²) in [5.74, 6) is -0.116. The van der Waals surface area contributed by atoms with Crippen molar-refractivity contribution < 1.29 is 9.90 Å². The highest BCUT2D eigenvalue weighted by Crippen LogP contribution is 2.16.